The molecule has 0 aliphatic heterocycles. The molecule has 0 aliphatic carbocycles. The number of carbonyl (C=O) groups excluding carboxylic acids is 1. The molecule has 0 heterocycles. The Morgan fingerprint density at radius 2 is 1.86 bits per heavy atom. The maximum Gasteiger partial charge on any atom is 0.259 e. The molecule has 110 valence electrons. The van der Waals surface area contributed by atoms with Crippen LogP contribution in [0.15, 0.2) is 48.5 Å². The number of para-hydroxylation sites is 1. The normalized spacial score (nSPS) is 10.2. The summed E-state index contributed by atoms with van der Waals surface area (Å²) in [5, 5.41) is 3.47. The highest BCUT2D eigenvalue weighted by molar-refractivity contribution is 6.30. The SMILES string of the molecule is CCCCOc1ccccc1C(=O)Nc1ccc(Cl)cc1. The largest absolute Gasteiger partial charge is 0.493 e. The third-order valence-electron chi connectivity index (χ3n) is 2.99. The van der Waals surface area contributed by atoms with Crippen molar-refractivity contribution in [2.24, 2.45) is 0 Å². The number of benzene rings is 2. The summed E-state index contributed by atoms with van der Waals surface area (Å²) < 4.78 is 5.67. The molecular weight excluding hydrogens is 286 g/mol. The summed E-state index contributed by atoms with van der Waals surface area (Å²) in [5.41, 5.74) is 1.23. The number of unbranched alkanes of at least 4 members (excludes halogenated alkanes) is 1. The van der Waals surface area contributed by atoms with Crippen molar-refractivity contribution in [2.75, 3.05) is 11.9 Å². The van der Waals surface area contributed by atoms with Crippen LogP contribution < -0.4 is 10.1 Å². The smallest absolute Gasteiger partial charge is 0.259 e. The second kappa shape index (κ2) is 7.70. The van der Waals surface area contributed by atoms with E-state index >= 15 is 0 Å². The van der Waals surface area contributed by atoms with Gasteiger partial charge in [0.25, 0.3) is 5.91 Å². The Balaban J connectivity index is 2.09. The van der Waals surface area contributed by atoms with E-state index in [9.17, 15) is 4.79 Å². The Hall–Kier alpha value is -2.00. The van der Waals surface area contributed by atoms with Crippen LogP contribution in [0.5, 0.6) is 5.75 Å². The lowest BCUT2D eigenvalue weighted by molar-refractivity contribution is 0.102. The summed E-state index contributed by atoms with van der Waals surface area (Å²) in [6.45, 7) is 2.71. The van der Waals surface area contributed by atoms with Crippen molar-refractivity contribution in [3.63, 3.8) is 0 Å². The number of hydrogen-bond donors (Lipinski definition) is 1. The van der Waals surface area contributed by atoms with E-state index < -0.39 is 0 Å². The Morgan fingerprint density at radius 1 is 1.14 bits per heavy atom. The van der Waals surface area contributed by atoms with Gasteiger partial charge < -0.3 is 10.1 Å². The lowest BCUT2D eigenvalue weighted by atomic mass is 10.2. The third kappa shape index (κ3) is 4.50. The molecule has 3 nitrogen and oxygen atoms in total. The molecule has 0 unspecified atom stereocenters. The predicted octanol–water partition coefficient (Wildman–Crippen LogP) is 4.77. The van der Waals surface area contributed by atoms with Crippen LogP contribution >= 0.6 is 11.6 Å². The summed E-state index contributed by atoms with van der Waals surface area (Å²) in [6.07, 6.45) is 2.02. The van der Waals surface area contributed by atoms with E-state index in [0.29, 0.717) is 28.6 Å². The average Bonchev–Trinajstić information content (AvgIpc) is 2.50. The number of hydrogen-bond acceptors (Lipinski definition) is 2. The first-order valence-electron chi connectivity index (χ1n) is 6.99. The Kier molecular flexibility index (Phi) is 5.64. The number of amides is 1. The number of anilines is 1. The molecule has 0 radical (unpaired) electrons. The monoisotopic (exact) mass is 303 g/mol. The number of nitrogens with one attached hydrogen (secondary N) is 1. The third-order valence-corrected chi connectivity index (χ3v) is 3.24. The van der Waals surface area contributed by atoms with E-state index in [1.54, 1.807) is 30.3 Å². The predicted molar refractivity (Wildman–Crippen MR) is 86.3 cm³/mol. The lowest BCUT2D eigenvalue weighted by Crippen LogP contribution is -2.13. The van der Waals surface area contributed by atoms with Crippen molar-refractivity contribution >= 4 is 23.2 Å². The van der Waals surface area contributed by atoms with Crippen LogP contribution in [0, 0.1) is 0 Å². The molecule has 0 aromatic heterocycles. The summed E-state index contributed by atoms with van der Waals surface area (Å²) >= 11 is 5.83. The quantitative estimate of drug-likeness (QED) is 0.781. The van der Waals surface area contributed by atoms with Gasteiger partial charge in [0.1, 0.15) is 5.75 Å². The second-order valence-electron chi connectivity index (χ2n) is 4.66. The van der Waals surface area contributed by atoms with Gasteiger partial charge in [-0.25, -0.2) is 0 Å². The maximum absolute atomic E-state index is 12.3. The van der Waals surface area contributed by atoms with Crippen molar-refractivity contribution < 1.29 is 9.53 Å². The molecule has 0 aliphatic rings. The highest BCUT2D eigenvalue weighted by Crippen LogP contribution is 2.21. The van der Waals surface area contributed by atoms with Gasteiger partial charge in [0.15, 0.2) is 0 Å². The van der Waals surface area contributed by atoms with E-state index in [0.717, 1.165) is 12.8 Å². The molecule has 2 aromatic carbocycles. The van der Waals surface area contributed by atoms with Crippen LogP contribution in [0.2, 0.25) is 5.02 Å². The van der Waals surface area contributed by atoms with Gasteiger partial charge in [-0.05, 0) is 42.8 Å². The Labute approximate surface area is 129 Å². The fourth-order valence-corrected chi connectivity index (χ4v) is 1.96. The van der Waals surface area contributed by atoms with Crippen LogP contribution in [-0.2, 0) is 0 Å². The van der Waals surface area contributed by atoms with Gasteiger partial charge >= 0.3 is 0 Å². The summed E-state index contributed by atoms with van der Waals surface area (Å²) in [6, 6.07) is 14.3. The number of rotatable bonds is 6. The fourth-order valence-electron chi connectivity index (χ4n) is 1.84. The molecule has 1 N–H and O–H groups in total. The van der Waals surface area contributed by atoms with Gasteiger partial charge in [-0.15, -0.1) is 0 Å². The number of halogens is 1. The average molecular weight is 304 g/mol. The van der Waals surface area contributed by atoms with Crippen molar-refractivity contribution in [3.8, 4) is 5.75 Å². The van der Waals surface area contributed by atoms with Gasteiger partial charge in [0, 0.05) is 10.7 Å². The van der Waals surface area contributed by atoms with E-state index in [2.05, 4.69) is 12.2 Å². The standard InChI is InChI=1S/C17H18ClNO2/c1-2-3-12-21-16-7-5-4-6-15(16)17(20)19-14-10-8-13(18)9-11-14/h4-11H,2-3,12H2,1H3,(H,19,20). The van der Waals surface area contributed by atoms with Gasteiger partial charge in [-0.2, -0.15) is 0 Å². The van der Waals surface area contributed by atoms with Crippen LogP contribution in [0.1, 0.15) is 30.1 Å². The first-order chi connectivity index (χ1) is 10.2. The molecule has 0 saturated heterocycles. The fraction of sp³-hybridized carbons (Fsp3) is 0.235. The summed E-state index contributed by atoms with van der Waals surface area (Å²) in [7, 11) is 0. The van der Waals surface area contributed by atoms with E-state index in [-0.39, 0.29) is 5.91 Å². The van der Waals surface area contributed by atoms with Crippen LogP contribution in [0.25, 0.3) is 0 Å². The molecular formula is C17H18ClNO2. The van der Waals surface area contributed by atoms with E-state index in [1.165, 1.54) is 0 Å². The molecule has 2 aromatic rings. The Morgan fingerprint density at radius 3 is 2.57 bits per heavy atom. The Bertz CT molecular complexity index is 596. The highest BCUT2D eigenvalue weighted by atomic mass is 35.5. The first-order valence-corrected chi connectivity index (χ1v) is 7.37. The summed E-state index contributed by atoms with van der Waals surface area (Å²) in [5.74, 6) is 0.418. The molecule has 0 atom stereocenters. The van der Waals surface area contributed by atoms with Crippen LogP contribution in [-0.4, -0.2) is 12.5 Å². The number of carbonyl (C=O) groups is 1. The van der Waals surface area contributed by atoms with E-state index in [1.807, 2.05) is 18.2 Å². The van der Waals surface area contributed by atoms with Crippen LogP contribution in [0.4, 0.5) is 5.69 Å². The minimum atomic E-state index is -0.190. The summed E-state index contributed by atoms with van der Waals surface area (Å²) in [4.78, 5) is 12.3. The molecule has 0 spiro atoms. The van der Waals surface area contributed by atoms with Crippen molar-refractivity contribution in [3.05, 3.63) is 59.1 Å². The van der Waals surface area contributed by atoms with E-state index in [4.69, 9.17) is 16.3 Å². The zero-order valence-corrected chi connectivity index (χ0v) is 12.7. The molecule has 4 heteroatoms. The minimum Gasteiger partial charge on any atom is -0.493 e. The van der Waals surface area contributed by atoms with Crippen molar-refractivity contribution in [1.82, 2.24) is 0 Å². The zero-order valence-electron chi connectivity index (χ0n) is 11.9. The molecule has 2 rings (SSSR count). The van der Waals surface area contributed by atoms with Gasteiger partial charge in [-0.1, -0.05) is 37.1 Å². The first kappa shape index (κ1) is 15.4. The highest BCUT2D eigenvalue weighted by Gasteiger charge is 2.12. The maximum atomic E-state index is 12.3. The van der Waals surface area contributed by atoms with Crippen LogP contribution in [0.3, 0.4) is 0 Å². The van der Waals surface area contributed by atoms with Gasteiger partial charge in [-0.3, -0.25) is 4.79 Å². The minimum absolute atomic E-state index is 0.190. The van der Waals surface area contributed by atoms with Crippen molar-refractivity contribution in [1.29, 1.82) is 0 Å². The van der Waals surface area contributed by atoms with Crippen molar-refractivity contribution in [2.45, 2.75) is 19.8 Å². The van der Waals surface area contributed by atoms with Gasteiger partial charge in [0.2, 0.25) is 0 Å². The molecule has 1 amide bonds. The lowest BCUT2D eigenvalue weighted by Gasteiger charge is -2.11. The molecule has 0 fully saturated rings. The molecule has 0 saturated carbocycles. The molecule has 0 bridgehead atoms. The molecule has 21 heavy (non-hydrogen) atoms. The number of ether oxygens (including phenoxy) is 1. The van der Waals surface area contributed by atoms with Gasteiger partial charge in [0.05, 0.1) is 12.2 Å². The topological polar surface area (TPSA) is 38.3 Å². The second-order valence-corrected chi connectivity index (χ2v) is 5.10. The zero-order chi connectivity index (χ0) is 15.1.